The van der Waals surface area contributed by atoms with Crippen molar-refractivity contribution in [2.45, 2.75) is 39.0 Å². The molecule has 1 aromatic rings. The Morgan fingerprint density at radius 3 is 2.67 bits per heavy atom. The van der Waals surface area contributed by atoms with Crippen molar-refractivity contribution in [3.05, 3.63) is 23.7 Å². The van der Waals surface area contributed by atoms with Gasteiger partial charge in [0, 0.05) is 12.6 Å². The van der Waals surface area contributed by atoms with Crippen LogP contribution in [0.5, 0.6) is 0 Å². The smallest absolute Gasteiger partial charge is 0.129 e. The lowest BCUT2D eigenvalue weighted by molar-refractivity contribution is 0.241. The highest BCUT2D eigenvalue weighted by molar-refractivity contribution is 5.06. The Morgan fingerprint density at radius 1 is 1.33 bits per heavy atom. The maximum Gasteiger partial charge on any atom is 0.129 e. The Bertz CT molecular complexity index is 273. The molecule has 1 heterocycles. The Kier molecular flexibility index (Phi) is 5.39. The van der Waals surface area contributed by atoms with Crippen LogP contribution in [0.25, 0.3) is 0 Å². The minimum Gasteiger partial charge on any atom is -0.462 e. The van der Waals surface area contributed by atoms with E-state index >= 15 is 0 Å². The quantitative estimate of drug-likeness (QED) is 0.632. The standard InChI is InChI=1S/C11H19NO3/c1-9(3-2-6-13)12-7-10-4-5-11(8-14)15-10/h4-5,9,12-14H,2-3,6-8H2,1H3/t9-/m1/s1. The first-order chi connectivity index (χ1) is 7.26. The zero-order chi connectivity index (χ0) is 11.1. The van der Waals surface area contributed by atoms with Crippen molar-refractivity contribution in [1.29, 1.82) is 0 Å². The molecule has 0 spiro atoms. The van der Waals surface area contributed by atoms with Gasteiger partial charge in [-0.05, 0) is 31.9 Å². The number of hydrogen-bond donors (Lipinski definition) is 3. The van der Waals surface area contributed by atoms with Crippen molar-refractivity contribution in [1.82, 2.24) is 5.32 Å². The fourth-order valence-electron chi connectivity index (χ4n) is 1.38. The van der Waals surface area contributed by atoms with Gasteiger partial charge in [0.05, 0.1) is 6.54 Å². The van der Waals surface area contributed by atoms with Gasteiger partial charge in [0.15, 0.2) is 0 Å². The molecule has 1 atom stereocenters. The molecule has 0 aliphatic heterocycles. The van der Waals surface area contributed by atoms with Crippen LogP contribution < -0.4 is 5.32 Å². The van der Waals surface area contributed by atoms with Gasteiger partial charge in [0.25, 0.3) is 0 Å². The van der Waals surface area contributed by atoms with Crippen LogP contribution >= 0.6 is 0 Å². The van der Waals surface area contributed by atoms with Gasteiger partial charge in [-0.15, -0.1) is 0 Å². The van der Waals surface area contributed by atoms with E-state index in [0.717, 1.165) is 18.6 Å². The average molecular weight is 213 g/mol. The zero-order valence-electron chi connectivity index (χ0n) is 9.07. The van der Waals surface area contributed by atoms with Crippen molar-refractivity contribution in [2.75, 3.05) is 6.61 Å². The normalized spacial score (nSPS) is 13.0. The summed E-state index contributed by atoms with van der Waals surface area (Å²) in [4.78, 5) is 0. The predicted octanol–water partition coefficient (Wildman–Crippen LogP) is 1.02. The van der Waals surface area contributed by atoms with E-state index in [1.165, 1.54) is 0 Å². The van der Waals surface area contributed by atoms with Crippen LogP contribution in [0.3, 0.4) is 0 Å². The summed E-state index contributed by atoms with van der Waals surface area (Å²) in [5, 5.41) is 20.7. The maximum absolute atomic E-state index is 8.80. The molecule has 0 unspecified atom stereocenters. The lowest BCUT2D eigenvalue weighted by Crippen LogP contribution is -2.25. The summed E-state index contributed by atoms with van der Waals surface area (Å²) < 4.78 is 5.33. The van der Waals surface area contributed by atoms with Gasteiger partial charge in [-0.1, -0.05) is 0 Å². The lowest BCUT2D eigenvalue weighted by Gasteiger charge is -2.11. The topological polar surface area (TPSA) is 65.6 Å². The Labute approximate surface area is 89.9 Å². The Morgan fingerprint density at radius 2 is 2.07 bits per heavy atom. The van der Waals surface area contributed by atoms with Gasteiger partial charge >= 0.3 is 0 Å². The van der Waals surface area contributed by atoms with Crippen molar-refractivity contribution in [3.8, 4) is 0 Å². The largest absolute Gasteiger partial charge is 0.462 e. The van der Waals surface area contributed by atoms with Gasteiger partial charge < -0.3 is 19.9 Å². The summed E-state index contributed by atoms with van der Waals surface area (Å²) >= 11 is 0. The summed E-state index contributed by atoms with van der Waals surface area (Å²) in [6.07, 6.45) is 1.76. The highest BCUT2D eigenvalue weighted by atomic mass is 16.4. The van der Waals surface area contributed by atoms with Crippen LogP contribution in [0.2, 0.25) is 0 Å². The SMILES string of the molecule is C[C@H](CCCO)NCc1ccc(CO)o1. The third-order valence-electron chi connectivity index (χ3n) is 2.29. The van der Waals surface area contributed by atoms with E-state index in [2.05, 4.69) is 12.2 Å². The van der Waals surface area contributed by atoms with E-state index in [1.807, 2.05) is 6.07 Å². The fraction of sp³-hybridized carbons (Fsp3) is 0.636. The number of furan rings is 1. The second kappa shape index (κ2) is 6.61. The summed E-state index contributed by atoms with van der Waals surface area (Å²) in [6.45, 7) is 2.92. The van der Waals surface area contributed by atoms with Crippen LogP contribution in [-0.4, -0.2) is 22.9 Å². The highest BCUT2D eigenvalue weighted by Gasteiger charge is 2.04. The monoisotopic (exact) mass is 213 g/mol. The van der Waals surface area contributed by atoms with Crippen molar-refractivity contribution in [3.63, 3.8) is 0 Å². The van der Waals surface area contributed by atoms with Crippen LogP contribution in [0.4, 0.5) is 0 Å². The highest BCUT2D eigenvalue weighted by Crippen LogP contribution is 2.08. The molecular formula is C11H19NO3. The molecule has 0 saturated carbocycles. The van der Waals surface area contributed by atoms with Crippen molar-refractivity contribution in [2.24, 2.45) is 0 Å². The van der Waals surface area contributed by atoms with E-state index in [9.17, 15) is 0 Å². The Balaban J connectivity index is 2.24. The van der Waals surface area contributed by atoms with Crippen molar-refractivity contribution < 1.29 is 14.6 Å². The van der Waals surface area contributed by atoms with Gasteiger partial charge in [0.1, 0.15) is 18.1 Å². The van der Waals surface area contributed by atoms with Crippen LogP contribution in [-0.2, 0) is 13.2 Å². The molecule has 15 heavy (non-hydrogen) atoms. The Hall–Kier alpha value is -0.840. The van der Waals surface area contributed by atoms with E-state index < -0.39 is 0 Å². The molecule has 0 fully saturated rings. The van der Waals surface area contributed by atoms with E-state index in [1.54, 1.807) is 6.07 Å². The molecule has 4 nitrogen and oxygen atoms in total. The van der Waals surface area contributed by atoms with Gasteiger partial charge in [-0.2, -0.15) is 0 Å². The summed E-state index contributed by atoms with van der Waals surface area (Å²) in [6, 6.07) is 3.99. The number of rotatable bonds is 7. The molecule has 0 saturated heterocycles. The zero-order valence-corrected chi connectivity index (χ0v) is 9.07. The average Bonchev–Trinajstić information content (AvgIpc) is 2.71. The summed E-state index contributed by atoms with van der Waals surface area (Å²) in [5.74, 6) is 1.42. The number of aliphatic hydroxyl groups is 2. The van der Waals surface area contributed by atoms with Gasteiger partial charge in [-0.3, -0.25) is 0 Å². The minimum atomic E-state index is -0.0555. The molecule has 0 aliphatic carbocycles. The maximum atomic E-state index is 8.80. The van der Waals surface area contributed by atoms with Gasteiger partial charge in [0.2, 0.25) is 0 Å². The van der Waals surface area contributed by atoms with E-state index in [-0.39, 0.29) is 13.2 Å². The molecule has 3 N–H and O–H groups in total. The molecule has 0 bridgehead atoms. The van der Waals surface area contributed by atoms with E-state index in [4.69, 9.17) is 14.6 Å². The molecule has 0 radical (unpaired) electrons. The number of hydrogen-bond acceptors (Lipinski definition) is 4. The first-order valence-corrected chi connectivity index (χ1v) is 5.29. The van der Waals surface area contributed by atoms with Crippen molar-refractivity contribution >= 4 is 0 Å². The van der Waals surface area contributed by atoms with Crippen LogP contribution in [0, 0.1) is 0 Å². The third-order valence-corrected chi connectivity index (χ3v) is 2.29. The molecule has 86 valence electrons. The molecule has 0 amide bonds. The minimum absolute atomic E-state index is 0.0555. The molecule has 1 rings (SSSR count). The first kappa shape index (κ1) is 12.2. The number of nitrogens with one attached hydrogen (secondary N) is 1. The van der Waals surface area contributed by atoms with E-state index in [0.29, 0.717) is 18.3 Å². The summed E-state index contributed by atoms with van der Waals surface area (Å²) in [7, 11) is 0. The molecule has 0 aromatic carbocycles. The molecule has 1 aromatic heterocycles. The van der Waals surface area contributed by atoms with Crippen LogP contribution in [0.1, 0.15) is 31.3 Å². The second-order valence-electron chi connectivity index (χ2n) is 3.67. The predicted molar refractivity (Wildman–Crippen MR) is 57.3 cm³/mol. The number of aliphatic hydroxyl groups excluding tert-OH is 2. The van der Waals surface area contributed by atoms with Gasteiger partial charge in [-0.25, -0.2) is 0 Å². The molecular weight excluding hydrogens is 194 g/mol. The summed E-state index contributed by atoms with van der Waals surface area (Å²) in [5.41, 5.74) is 0. The third kappa shape index (κ3) is 4.46. The molecule has 4 heteroatoms. The first-order valence-electron chi connectivity index (χ1n) is 5.29. The second-order valence-corrected chi connectivity index (χ2v) is 3.67. The molecule has 0 aliphatic rings. The lowest BCUT2D eigenvalue weighted by atomic mass is 10.2. The fourth-order valence-corrected chi connectivity index (χ4v) is 1.38. The van der Waals surface area contributed by atoms with Crippen LogP contribution in [0.15, 0.2) is 16.5 Å².